The maximum absolute atomic E-state index is 13.9. The highest BCUT2D eigenvalue weighted by molar-refractivity contribution is 6.76. The average molecular weight is 462 g/mol. The molecule has 1 aromatic carbocycles. The largest absolute Gasteiger partial charge is 0.496 e. The Morgan fingerprint density at radius 3 is 2.79 bits per heavy atom. The van der Waals surface area contributed by atoms with Gasteiger partial charge in [0.25, 0.3) is 0 Å². The molecule has 3 aromatic heterocycles. The minimum Gasteiger partial charge on any atom is -0.496 e. The second-order valence-corrected chi connectivity index (χ2v) is 14.9. The first-order valence-corrected chi connectivity index (χ1v) is 14.5. The third-order valence-electron chi connectivity index (χ3n) is 5.59. The topological polar surface area (TPSA) is 106 Å². The van der Waals surface area contributed by atoms with Gasteiger partial charge in [0.1, 0.15) is 24.1 Å². The van der Waals surface area contributed by atoms with E-state index >= 15 is 0 Å². The Kier molecular flexibility index (Phi) is 6.06. The van der Waals surface area contributed by atoms with Crippen LogP contribution in [0, 0.1) is 18.3 Å². The molecule has 9 heteroatoms. The Hall–Kier alpha value is -3.48. The Bertz CT molecular complexity index is 1390. The van der Waals surface area contributed by atoms with E-state index in [-0.39, 0.29) is 18.3 Å². The van der Waals surface area contributed by atoms with Crippen molar-refractivity contribution in [1.29, 1.82) is 5.26 Å². The Labute approximate surface area is 193 Å². The maximum Gasteiger partial charge on any atom is 0.233 e. The molecule has 4 aromatic rings. The minimum absolute atomic E-state index is 0.144. The number of nitrogens with one attached hydrogen (secondary N) is 1. The summed E-state index contributed by atoms with van der Waals surface area (Å²) in [6, 6.07) is 8.42. The number of aromatic amines is 1. The van der Waals surface area contributed by atoms with Crippen LogP contribution < -0.4 is 4.74 Å². The molecule has 3 heterocycles. The van der Waals surface area contributed by atoms with Crippen LogP contribution in [-0.4, -0.2) is 47.1 Å². The molecule has 0 atom stereocenters. The number of nitriles is 1. The molecule has 0 aliphatic heterocycles. The molecule has 0 radical (unpaired) electrons. The second-order valence-electron chi connectivity index (χ2n) is 9.26. The predicted octanol–water partition coefficient (Wildman–Crippen LogP) is 4.64. The van der Waals surface area contributed by atoms with Crippen molar-refractivity contribution in [1.82, 2.24) is 19.5 Å². The number of pyridine rings is 1. The smallest absolute Gasteiger partial charge is 0.233 e. The Morgan fingerprint density at radius 2 is 2.09 bits per heavy atom. The summed E-state index contributed by atoms with van der Waals surface area (Å²) in [5, 5.41) is 10.0. The van der Waals surface area contributed by atoms with Crippen LogP contribution in [0.5, 0.6) is 5.75 Å². The van der Waals surface area contributed by atoms with E-state index < -0.39 is 8.07 Å². The van der Waals surface area contributed by atoms with Gasteiger partial charge < -0.3 is 14.5 Å². The number of rotatable bonds is 8. The molecule has 0 amide bonds. The molecule has 0 aliphatic carbocycles. The molecule has 33 heavy (non-hydrogen) atoms. The van der Waals surface area contributed by atoms with Crippen LogP contribution in [0.15, 0.2) is 30.6 Å². The van der Waals surface area contributed by atoms with Gasteiger partial charge in [-0.1, -0.05) is 19.6 Å². The molecule has 1 N–H and O–H groups in total. The molecule has 0 aliphatic rings. The lowest BCUT2D eigenvalue weighted by molar-refractivity contribution is 0.0831. The zero-order chi connectivity index (χ0) is 23.8. The zero-order valence-electron chi connectivity index (χ0n) is 19.5. The van der Waals surface area contributed by atoms with Crippen molar-refractivity contribution in [3.8, 4) is 11.8 Å². The summed E-state index contributed by atoms with van der Waals surface area (Å²) >= 11 is 0. The monoisotopic (exact) mass is 461 g/mol. The SMILES string of the molecule is COc1cc(C)c2[nH]ccc2c1C(=O)c1nc2cc(C#N)cnc2n1COCC[Si](C)(C)C. The number of carbonyl (C=O) groups excluding carboxylic acids is 1. The van der Waals surface area contributed by atoms with Gasteiger partial charge in [0.05, 0.1) is 18.2 Å². The van der Waals surface area contributed by atoms with Crippen LogP contribution in [0.1, 0.15) is 27.3 Å². The van der Waals surface area contributed by atoms with Crippen molar-refractivity contribution in [2.45, 2.75) is 39.3 Å². The number of H-pyrrole nitrogens is 1. The lowest BCUT2D eigenvalue weighted by Gasteiger charge is -2.16. The van der Waals surface area contributed by atoms with Crippen LogP contribution in [0.4, 0.5) is 0 Å². The van der Waals surface area contributed by atoms with E-state index in [1.54, 1.807) is 23.9 Å². The molecule has 8 nitrogen and oxygen atoms in total. The maximum atomic E-state index is 13.9. The van der Waals surface area contributed by atoms with Gasteiger partial charge in [0.15, 0.2) is 11.5 Å². The fourth-order valence-corrected chi connectivity index (χ4v) is 4.54. The highest BCUT2D eigenvalue weighted by atomic mass is 28.3. The molecule has 4 rings (SSSR count). The van der Waals surface area contributed by atoms with E-state index in [1.165, 1.54) is 6.20 Å². The molecule has 0 saturated heterocycles. The standard InChI is InChI=1S/C24H27N5O3Si/c1-15-10-19(31-2)20(17-6-7-26-21(15)17)22(30)24-28-18-11-16(12-25)13-27-23(18)29(24)14-32-8-9-33(3,4)5/h6-7,10-11,13,26H,8-9,14H2,1-5H3. The van der Waals surface area contributed by atoms with E-state index in [0.29, 0.717) is 34.6 Å². The third-order valence-corrected chi connectivity index (χ3v) is 7.29. The fraction of sp³-hybridized carbons (Fsp3) is 0.333. The van der Waals surface area contributed by atoms with E-state index in [2.05, 4.69) is 40.7 Å². The van der Waals surface area contributed by atoms with Gasteiger partial charge >= 0.3 is 0 Å². The molecule has 0 bridgehead atoms. The van der Waals surface area contributed by atoms with E-state index in [4.69, 9.17) is 9.47 Å². The Balaban J connectivity index is 1.82. The molecule has 0 spiro atoms. The summed E-state index contributed by atoms with van der Waals surface area (Å²) in [6.07, 6.45) is 3.28. The molecular weight excluding hydrogens is 434 g/mol. The number of imidazole rings is 1. The summed E-state index contributed by atoms with van der Waals surface area (Å²) < 4.78 is 13.2. The van der Waals surface area contributed by atoms with Crippen molar-refractivity contribution >= 4 is 35.9 Å². The van der Waals surface area contributed by atoms with Gasteiger partial charge in [0.2, 0.25) is 5.78 Å². The number of benzene rings is 1. The first kappa shape index (κ1) is 22.7. The number of aryl methyl sites for hydroxylation is 1. The van der Waals surface area contributed by atoms with Gasteiger partial charge in [-0.05, 0) is 36.7 Å². The van der Waals surface area contributed by atoms with Crippen LogP contribution in [0.25, 0.3) is 22.1 Å². The highest BCUT2D eigenvalue weighted by Gasteiger charge is 2.26. The van der Waals surface area contributed by atoms with Crippen molar-refractivity contribution in [2.75, 3.05) is 13.7 Å². The molecule has 0 fully saturated rings. The van der Waals surface area contributed by atoms with Crippen molar-refractivity contribution in [3.05, 3.63) is 53.1 Å². The summed E-state index contributed by atoms with van der Waals surface area (Å²) in [6.45, 7) is 9.56. The number of carbonyl (C=O) groups is 1. The average Bonchev–Trinajstić information content (AvgIpc) is 3.40. The van der Waals surface area contributed by atoms with Crippen LogP contribution in [-0.2, 0) is 11.5 Å². The van der Waals surface area contributed by atoms with Gasteiger partial charge in [0, 0.05) is 38.0 Å². The number of aromatic nitrogens is 4. The number of ether oxygens (including phenoxy) is 2. The van der Waals surface area contributed by atoms with Gasteiger partial charge in [-0.2, -0.15) is 5.26 Å². The second kappa shape index (κ2) is 8.81. The quantitative estimate of drug-likeness (QED) is 0.233. The lowest BCUT2D eigenvalue weighted by atomic mass is 10.0. The first-order valence-electron chi connectivity index (χ1n) is 10.8. The van der Waals surface area contributed by atoms with Crippen molar-refractivity contribution in [2.24, 2.45) is 0 Å². The fourth-order valence-electron chi connectivity index (χ4n) is 3.79. The molecular formula is C24H27N5O3Si. The lowest BCUT2D eigenvalue weighted by Crippen LogP contribution is -2.22. The number of hydrogen-bond acceptors (Lipinski definition) is 6. The van der Waals surface area contributed by atoms with Gasteiger partial charge in [-0.3, -0.25) is 9.36 Å². The predicted molar refractivity (Wildman–Crippen MR) is 129 cm³/mol. The first-order chi connectivity index (χ1) is 15.7. The summed E-state index contributed by atoms with van der Waals surface area (Å²) in [7, 11) is 0.286. The van der Waals surface area contributed by atoms with E-state index in [0.717, 1.165) is 22.5 Å². The minimum atomic E-state index is -1.26. The Morgan fingerprint density at radius 1 is 1.30 bits per heavy atom. The summed E-state index contributed by atoms with van der Waals surface area (Å²) in [4.78, 5) is 26.0. The van der Waals surface area contributed by atoms with Crippen LogP contribution in [0.3, 0.4) is 0 Å². The number of fused-ring (bicyclic) bond motifs is 2. The zero-order valence-corrected chi connectivity index (χ0v) is 20.5. The van der Waals surface area contributed by atoms with E-state index in [9.17, 15) is 10.1 Å². The number of nitrogens with zero attached hydrogens (tertiary/aromatic N) is 4. The normalized spacial score (nSPS) is 11.8. The van der Waals surface area contributed by atoms with Crippen LogP contribution in [0.2, 0.25) is 25.7 Å². The third kappa shape index (κ3) is 4.40. The number of hydrogen-bond donors (Lipinski definition) is 1. The van der Waals surface area contributed by atoms with Crippen molar-refractivity contribution < 1.29 is 14.3 Å². The van der Waals surface area contributed by atoms with Gasteiger partial charge in [-0.25, -0.2) is 9.97 Å². The number of methoxy groups -OCH3 is 1. The van der Waals surface area contributed by atoms with Gasteiger partial charge in [-0.15, -0.1) is 0 Å². The highest BCUT2D eigenvalue weighted by Crippen LogP contribution is 2.33. The molecule has 170 valence electrons. The van der Waals surface area contributed by atoms with E-state index in [1.807, 2.05) is 19.1 Å². The molecule has 0 saturated carbocycles. The van der Waals surface area contributed by atoms with Crippen LogP contribution >= 0.6 is 0 Å². The van der Waals surface area contributed by atoms with Crippen molar-refractivity contribution in [3.63, 3.8) is 0 Å². The summed E-state index contributed by atoms with van der Waals surface area (Å²) in [5.74, 6) is 0.389. The molecule has 0 unspecified atom stereocenters. The summed E-state index contributed by atoms with van der Waals surface area (Å²) in [5.41, 5.74) is 3.64. The number of ketones is 1.